The Bertz CT molecular complexity index is 855. The molecule has 0 fully saturated rings. The van der Waals surface area contributed by atoms with E-state index in [0.29, 0.717) is 42.4 Å². The maximum absolute atomic E-state index is 13.0. The van der Waals surface area contributed by atoms with Gasteiger partial charge in [0.1, 0.15) is 13.2 Å². The summed E-state index contributed by atoms with van der Waals surface area (Å²) >= 11 is 0. The third-order valence-corrected chi connectivity index (χ3v) is 3.93. The third kappa shape index (κ3) is 3.49. The molecular weight excluding hydrogens is 348 g/mol. The van der Waals surface area contributed by atoms with Gasteiger partial charge in [0.05, 0.1) is 0 Å². The Morgan fingerprint density at radius 2 is 1.69 bits per heavy atom. The van der Waals surface area contributed by atoms with Gasteiger partial charge in [0, 0.05) is 18.2 Å². The molecule has 0 saturated heterocycles. The highest BCUT2D eigenvalue weighted by Crippen LogP contribution is 2.41. The van der Waals surface area contributed by atoms with Crippen LogP contribution >= 0.6 is 0 Å². The highest BCUT2D eigenvalue weighted by atomic mass is 19.3. The monoisotopic (exact) mass is 363 g/mol. The Morgan fingerprint density at radius 1 is 0.962 bits per heavy atom. The highest BCUT2D eigenvalue weighted by Gasteiger charge is 2.43. The maximum atomic E-state index is 13.0. The number of aryl methyl sites for hydroxylation is 1. The van der Waals surface area contributed by atoms with E-state index < -0.39 is 6.29 Å². The number of halogens is 2. The van der Waals surface area contributed by atoms with Gasteiger partial charge >= 0.3 is 6.29 Å². The smallest absolute Gasteiger partial charge is 0.486 e. The first-order valence-electron chi connectivity index (χ1n) is 8.07. The normalized spacial score (nSPS) is 16.2. The Balaban J connectivity index is 1.35. The van der Waals surface area contributed by atoms with E-state index in [1.54, 1.807) is 24.3 Å². The van der Waals surface area contributed by atoms with Gasteiger partial charge in [0.25, 0.3) is 0 Å². The predicted octanol–water partition coefficient (Wildman–Crippen LogP) is 3.35. The molecule has 1 amide bonds. The molecule has 2 aliphatic rings. The molecule has 2 aromatic carbocycles. The summed E-state index contributed by atoms with van der Waals surface area (Å²) in [5, 5.41) is 2.78. The summed E-state index contributed by atoms with van der Waals surface area (Å²) < 4.78 is 45.7. The van der Waals surface area contributed by atoms with Crippen LogP contribution in [-0.2, 0) is 11.2 Å². The molecule has 0 spiro atoms. The third-order valence-electron chi connectivity index (χ3n) is 3.93. The second-order valence-electron chi connectivity index (χ2n) is 5.86. The number of alkyl halides is 2. The van der Waals surface area contributed by atoms with Gasteiger partial charge < -0.3 is 24.3 Å². The fraction of sp³-hybridized carbons (Fsp3) is 0.278. The van der Waals surface area contributed by atoms with Crippen LogP contribution in [-0.4, -0.2) is 25.4 Å². The first-order valence-corrected chi connectivity index (χ1v) is 8.07. The summed E-state index contributed by atoms with van der Waals surface area (Å²) in [7, 11) is 0. The predicted molar refractivity (Wildman–Crippen MR) is 87.0 cm³/mol. The van der Waals surface area contributed by atoms with E-state index in [2.05, 4.69) is 14.8 Å². The maximum Gasteiger partial charge on any atom is 0.586 e. The number of anilines is 1. The van der Waals surface area contributed by atoms with Crippen LogP contribution in [0.25, 0.3) is 0 Å². The van der Waals surface area contributed by atoms with Gasteiger partial charge in [0.2, 0.25) is 5.91 Å². The number of hydrogen-bond donors (Lipinski definition) is 1. The van der Waals surface area contributed by atoms with Crippen LogP contribution in [0.3, 0.4) is 0 Å². The number of benzene rings is 2. The van der Waals surface area contributed by atoms with Crippen LogP contribution in [0, 0.1) is 0 Å². The van der Waals surface area contributed by atoms with Crippen molar-refractivity contribution in [2.24, 2.45) is 0 Å². The molecule has 26 heavy (non-hydrogen) atoms. The number of amides is 1. The molecule has 2 heterocycles. The second kappa shape index (κ2) is 6.36. The zero-order valence-electron chi connectivity index (χ0n) is 13.6. The molecule has 2 aliphatic heterocycles. The Labute approximate surface area is 147 Å². The van der Waals surface area contributed by atoms with Crippen molar-refractivity contribution in [3.8, 4) is 23.0 Å². The molecule has 8 heteroatoms. The van der Waals surface area contributed by atoms with Crippen molar-refractivity contribution in [3.05, 3.63) is 42.0 Å². The molecule has 6 nitrogen and oxygen atoms in total. The molecule has 4 rings (SSSR count). The van der Waals surface area contributed by atoms with Crippen LogP contribution in [0.4, 0.5) is 14.5 Å². The minimum Gasteiger partial charge on any atom is -0.486 e. The molecule has 136 valence electrons. The Morgan fingerprint density at radius 3 is 2.54 bits per heavy atom. The molecule has 0 bridgehead atoms. The highest BCUT2D eigenvalue weighted by molar-refractivity contribution is 5.91. The van der Waals surface area contributed by atoms with E-state index in [0.717, 1.165) is 0 Å². The number of carbonyl (C=O) groups is 1. The number of rotatable bonds is 4. The summed E-state index contributed by atoms with van der Waals surface area (Å²) in [5.41, 5.74) is 1.30. The largest absolute Gasteiger partial charge is 0.586 e. The molecule has 0 radical (unpaired) electrons. The Kier molecular flexibility index (Phi) is 4.02. The van der Waals surface area contributed by atoms with Gasteiger partial charge in [-0.25, -0.2) is 0 Å². The molecule has 0 unspecified atom stereocenters. The lowest BCUT2D eigenvalue weighted by Crippen LogP contribution is -2.25. The topological polar surface area (TPSA) is 66.0 Å². The first-order chi connectivity index (χ1) is 12.5. The van der Waals surface area contributed by atoms with E-state index in [1.165, 1.54) is 12.1 Å². The number of fused-ring (bicyclic) bond motifs is 2. The van der Waals surface area contributed by atoms with E-state index in [-0.39, 0.29) is 23.8 Å². The van der Waals surface area contributed by atoms with Crippen LogP contribution in [0.5, 0.6) is 23.0 Å². The zero-order valence-corrected chi connectivity index (χ0v) is 13.6. The minimum atomic E-state index is -3.64. The molecule has 1 N–H and O–H groups in total. The number of carbonyl (C=O) groups excluding carboxylic acids is 1. The number of nitrogens with one attached hydrogen (secondary N) is 1. The summed E-state index contributed by atoms with van der Waals surface area (Å²) in [6.07, 6.45) is -3.08. The van der Waals surface area contributed by atoms with Crippen molar-refractivity contribution in [1.29, 1.82) is 0 Å². The van der Waals surface area contributed by atoms with E-state index in [4.69, 9.17) is 9.47 Å². The van der Waals surface area contributed by atoms with Crippen molar-refractivity contribution in [1.82, 2.24) is 0 Å². The number of ether oxygens (including phenoxy) is 4. The molecule has 2 aromatic rings. The average Bonchev–Trinajstić information content (AvgIpc) is 2.93. The van der Waals surface area contributed by atoms with Crippen molar-refractivity contribution < 1.29 is 32.5 Å². The first kappa shape index (κ1) is 16.4. The summed E-state index contributed by atoms with van der Waals surface area (Å²) in [4.78, 5) is 12.1. The Hall–Kier alpha value is -3.03. The minimum absolute atomic E-state index is 0.0144. The van der Waals surface area contributed by atoms with Gasteiger partial charge in [-0.2, -0.15) is 0 Å². The number of hydrogen-bond acceptors (Lipinski definition) is 5. The SMILES string of the molecule is O=C(CCc1ccc2c(c1)OC(F)(F)O2)Nc1ccc2c(c1)OCCO2. The summed E-state index contributed by atoms with van der Waals surface area (Å²) in [6, 6.07) is 9.66. The lowest BCUT2D eigenvalue weighted by molar-refractivity contribution is -0.286. The fourth-order valence-corrected chi connectivity index (χ4v) is 2.75. The quantitative estimate of drug-likeness (QED) is 0.902. The second-order valence-corrected chi connectivity index (χ2v) is 5.86. The van der Waals surface area contributed by atoms with Crippen LogP contribution < -0.4 is 24.3 Å². The standard InChI is InChI=1S/C18H15F2NO5/c19-18(20)25-14-4-1-11(9-16(14)26-18)2-6-17(22)21-12-3-5-13-15(10-12)24-8-7-23-13/h1,3-5,9-10H,2,6-8H2,(H,21,22). The van der Waals surface area contributed by atoms with Crippen LogP contribution in [0.2, 0.25) is 0 Å². The van der Waals surface area contributed by atoms with Crippen LogP contribution in [0.1, 0.15) is 12.0 Å². The fourth-order valence-electron chi connectivity index (χ4n) is 2.75. The van der Waals surface area contributed by atoms with Crippen molar-refractivity contribution in [2.45, 2.75) is 19.1 Å². The average molecular weight is 363 g/mol. The summed E-state index contributed by atoms with van der Waals surface area (Å²) in [5.74, 6) is 0.987. The van der Waals surface area contributed by atoms with Crippen LogP contribution in [0.15, 0.2) is 36.4 Å². The lowest BCUT2D eigenvalue weighted by Gasteiger charge is -2.19. The van der Waals surface area contributed by atoms with E-state index in [1.807, 2.05) is 0 Å². The van der Waals surface area contributed by atoms with Gasteiger partial charge in [0.15, 0.2) is 23.0 Å². The lowest BCUT2D eigenvalue weighted by atomic mass is 10.1. The van der Waals surface area contributed by atoms with Crippen molar-refractivity contribution in [2.75, 3.05) is 18.5 Å². The van der Waals surface area contributed by atoms with Gasteiger partial charge in [-0.05, 0) is 36.2 Å². The molecule has 0 aromatic heterocycles. The van der Waals surface area contributed by atoms with E-state index >= 15 is 0 Å². The van der Waals surface area contributed by atoms with Gasteiger partial charge in [-0.15, -0.1) is 8.78 Å². The van der Waals surface area contributed by atoms with Crippen molar-refractivity contribution >= 4 is 11.6 Å². The van der Waals surface area contributed by atoms with Gasteiger partial charge in [-0.1, -0.05) is 6.07 Å². The summed E-state index contributed by atoms with van der Waals surface area (Å²) in [6.45, 7) is 0.966. The zero-order chi connectivity index (χ0) is 18.1. The molecule has 0 aliphatic carbocycles. The van der Waals surface area contributed by atoms with E-state index in [9.17, 15) is 13.6 Å². The molecule has 0 saturated carbocycles. The van der Waals surface area contributed by atoms with Gasteiger partial charge in [-0.3, -0.25) is 4.79 Å². The molecular formula is C18H15F2NO5. The van der Waals surface area contributed by atoms with Crippen molar-refractivity contribution in [3.63, 3.8) is 0 Å². The molecule has 0 atom stereocenters.